The van der Waals surface area contributed by atoms with Gasteiger partial charge in [-0.15, -0.1) is 0 Å². The van der Waals surface area contributed by atoms with E-state index in [1.807, 2.05) is 18.2 Å². The third-order valence-electron chi connectivity index (χ3n) is 2.63. The molecule has 4 heteroatoms. The van der Waals surface area contributed by atoms with Crippen LogP contribution in [0.25, 0.3) is 11.3 Å². The molecule has 96 valence electrons. The maximum atomic E-state index is 6.20. The van der Waals surface area contributed by atoms with Gasteiger partial charge in [0.05, 0.1) is 10.7 Å². The molecule has 2 nitrogen and oxygen atoms in total. The lowest BCUT2D eigenvalue weighted by Gasteiger charge is -2.10. The molecule has 1 heterocycles. The Labute approximate surface area is 120 Å². The van der Waals surface area contributed by atoms with Crippen LogP contribution < -0.4 is 5.32 Å². The van der Waals surface area contributed by atoms with E-state index < -0.39 is 0 Å². The van der Waals surface area contributed by atoms with Gasteiger partial charge < -0.3 is 9.73 Å². The lowest BCUT2D eigenvalue weighted by atomic mass is 10.1. The molecule has 0 aliphatic heterocycles. The predicted octanol–water partition coefficient (Wildman–Crippen LogP) is 4.86. The molecule has 0 unspecified atom stereocenters. The second-order valence-electron chi connectivity index (χ2n) is 4.44. The van der Waals surface area contributed by atoms with Gasteiger partial charge in [0.1, 0.15) is 5.76 Å². The summed E-state index contributed by atoms with van der Waals surface area (Å²) in [4.78, 5) is 0. The number of benzene rings is 1. The molecule has 2 aromatic rings. The first kappa shape index (κ1) is 13.7. The van der Waals surface area contributed by atoms with Crippen LogP contribution in [0.1, 0.15) is 19.4 Å². The number of halogens is 2. The predicted molar refractivity (Wildman–Crippen MR) is 78.8 cm³/mol. The molecular weight excluding hydrogens is 314 g/mol. The first-order valence-corrected chi connectivity index (χ1v) is 7.00. The minimum absolute atomic E-state index is 0.431. The zero-order valence-electron chi connectivity index (χ0n) is 10.3. The summed E-state index contributed by atoms with van der Waals surface area (Å²) in [6.45, 7) is 4.98. The fourth-order valence-electron chi connectivity index (χ4n) is 1.67. The van der Waals surface area contributed by atoms with Crippen molar-refractivity contribution >= 4 is 27.5 Å². The molecule has 18 heavy (non-hydrogen) atoms. The van der Waals surface area contributed by atoms with E-state index in [1.165, 1.54) is 0 Å². The number of nitrogens with one attached hydrogen (secondary N) is 1. The largest absolute Gasteiger partial charge is 0.463 e. The van der Waals surface area contributed by atoms with Crippen molar-refractivity contribution in [2.45, 2.75) is 26.4 Å². The van der Waals surface area contributed by atoms with Crippen LogP contribution in [0.15, 0.2) is 39.4 Å². The minimum Gasteiger partial charge on any atom is -0.463 e. The summed E-state index contributed by atoms with van der Waals surface area (Å²) < 4.78 is 6.41. The van der Waals surface area contributed by atoms with E-state index in [2.05, 4.69) is 41.2 Å². The SMILES string of the molecule is CC(C)NCc1cc(-c2occc2Br)ccc1Cl. The van der Waals surface area contributed by atoms with Gasteiger partial charge in [0.15, 0.2) is 0 Å². The van der Waals surface area contributed by atoms with Crippen LogP contribution in [0.2, 0.25) is 5.02 Å². The van der Waals surface area contributed by atoms with Crippen molar-refractivity contribution in [2.75, 3.05) is 0 Å². The van der Waals surface area contributed by atoms with Crippen LogP contribution in [0.4, 0.5) is 0 Å². The molecule has 1 aromatic carbocycles. The first-order chi connectivity index (χ1) is 8.58. The molecule has 1 aromatic heterocycles. The number of hydrogen-bond donors (Lipinski definition) is 1. The second kappa shape index (κ2) is 5.91. The van der Waals surface area contributed by atoms with Crippen molar-refractivity contribution in [1.29, 1.82) is 0 Å². The highest BCUT2D eigenvalue weighted by molar-refractivity contribution is 9.10. The van der Waals surface area contributed by atoms with Crippen LogP contribution in [-0.2, 0) is 6.54 Å². The lowest BCUT2D eigenvalue weighted by molar-refractivity contribution is 0.579. The summed E-state index contributed by atoms with van der Waals surface area (Å²) in [7, 11) is 0. The van der Waals surface area contributed by atoms with Crippen molar-refractivity contribution in [3.63, 3.8) is 0 Å². The Morgan fingerprint density at radius 2 is 2.11 bits per heavy atom. The van der Waals surface area contributed by atoms with Gasteiger partial charge >= 0.3 is 0 Å². The third-order valence-corrected chi connectivity index (χ3v) is 3.62. The van der Waals surface area contributed by atoms with Gasteiger partial charge in [-0.1, -0.05) is 25.4 Å². The summed E-state index contributed by atoms with van der Waals surface area (Å²) in [5.74, 6) is 0.831. The standard InChI is InChI=1S/C14H15BrClNO/c1-9(2)17-8-11-7-10(3-4-13(11)16)14-12(15)5-6-18-14/h3-7,9,17H,8H2,1-2H3. The summed E-state index contributed by atoms with van der Waals surface area (Å²) in [5, 5.41) is 4.14. The van der Waals surface area contributed by atoms with Crippen molar-refractivity contribution in [3.05, 3.63) is 45.6 Å². The summed E-state index contributed by atoms with van der Waals surface area (Å²) in [6.07, 6.45) is 1.67. The highest BCUT2D eigenvalue weighted by Crippen LogP contribution is 2.31. The van der Waals surface area contributed by atoms with Gasteiger partial charge in [0.25, 0.3) is 0 Å². The van der Waals surface area contributed by atoms with Gasteiger partial charge in [-0.2, -0.15) is 0 Å². The molecule has 0 aliphatic rings. The van der Waals surface area contributed by atoms with Crippen LogP contribution >= 0.6 is 27.5 Å². The molecule has 0 fully saturated rings. The first-order valence-electron chi connectivity index (χ1n) is 5.83. The van der Waals surface area contributed by atoms with Gasteiger partial charge in [-0.05, 0) is 45.8 Å². The minimum atomic E-state index is 0.431. The number of hydrogen-bond acceptors (Lipinski definition) is 2. The Morgan fingerprint density at radius 3 is 2.72 bits per heavy atom. The molecule has 2 rings (SSSR count). The van der Waals surface area contributed by atoms with E-state index in [0.29, 0.717) is 6.04 Å². The molecular formula is C14H15BrClNO. The van der Waals surface area contributed by atoms with E-state index in [4.69, 9.17) is 16.0 Å². The third kappa shape index (κ3) is 3.16. The Bertz CT molecular complexity index is 536. The van der Waals surface area contributed by atoms with Gasteiger partial charge in [-0.25, -0.2) is 0 Å². The monoisotopic (exact) mass is 327 g/mol. The van der Waals surface area contributed by atoms with Crippen molar-refractivity contribution in [1.82, 2.24) is 5.32 Å². The van der Waals surface area contributed by atoms with E-state index in [9.17, 15) is 0 Å². The molecule has 0 saturated heterocycles. The normalized spacial score (nSPS) is 11.2. The van der Waals surface area contributed by atoms with E-state index >= 15 is 0 Å². The molecule has 0 spiro atoms. The zero-order chi connectivity index (χ0) is 13.1. The van der Waals surface area contributed by atoms with E-state index in [1.54, 1.807) is 6.26 Å². The van der Waals surface area contributed by atoms with Crippen molar-refractivity contribution < 1.29 is 4.42 Å². The maximum Gasteiger partial charge on any atom is 0.148 e. The van der Waals surface area contributed by atoms with Crippen LogP contribution in [0, 0.1) is 0 Å². The highest BCUT2D eigenvalue weighted by atomic mass is 79.9. The van der Waals surface area contributed by atoms with Crippen molar-refractivity contribution in [2.24, 2.45) is 0 Å². The number of furan rings is 1. The second-order valence-corrected chi connectivity index (χ2v) is 5.70. The number of rotatable bonds is 4. The molecule has 0 amide bonds. The van der Waals surface area contributed by atoms with E-state index in [-0.39, 0.29) is 0 Å². The lowest BCUT2D eigenvalue weighted by Crippen LogP contribution is -2.21. The average molecular weight is 329 g/mol. The maximum absolute atomic E-state index is 6.20. The Kier molecular flexibility index (Phi) is 4.49. The van der Waals surface area contributed by atoms with Gasteiger partial charge in [0, 0.05) is 23.2 Å². The fourth-order valence-corrected chi connectivity index (χ4v) is 2.28. The van der Waals surface area contributed by atoms with Gasteiger partial charge in [0.2, 0.25) is 0 Å². The summed E-state index contributed by atoms with van der Waals surface area (Å²) in [5.41, 5.74) is 2.10. The Hall–Kier alpha value is -0.770. The van der Waals surface area contributed by atoms with E-state index in [0.717, 1.165) is 32.9 Å². The molecule has 0 aliphatic carbocycles. The Balaban J connectivity index is 2.29. The highest BCUT2D eigenvalue weighted by Gasteiger charge is 2.09. The fraction of sp³-hybridized carbons (Fsp3) is 0.286. The zero-order valence-corrected chi connectivity index (χ0v) is 12.7. The smallest absolute Gasteiger partial charge is 0.148 e. The topological polar surface area (TPSA) is 25.2 Å². The summed E-state index contributed by atoms with van der Waals surface area (Å²) in [6, 6.07) is 8.24. The van der Waals surface area contributed by atoms with Crippen molar-refractivity contribution in [3.8, 4) is 11.3 Å². The van der Waals surface area contributed by atoms with Gasteiger partial charge in [-0.3, -0.25) is 0 Å². The van der Waals surface area contributed by atoms with Crippen LogP contribution in [-0.4, -0.2) is 6.04 Å². The molecule has 0 atom stereocenters. The molecule has 0 saturated carbocycles. The molecule has 0 radical (unpaired) electrons. The summed E-state index contributed by atoms with van der Waals surface area (Å²) >= 11 is 9.66. The quantitative estimate of drug-likeness (QED) is 0.867. The Morgan fingerprint density at radius 1 is 1.33 bits per heavy atom. The molecule has 1 N–H and O–H groups in total. The van der Waals surface area contributed by atoms with Crippen LogP contribution in [0.3, 0.4) is 0 Å². The van der Waals surface area contributed by atoms with Crippen LogP contribution in [0.5, 0.6) is 0 Å². The average Bonchev–Trinajstić information content (AvgIpc) is 2.74. The molecule has 0 bridgehead atoms.